The van der Waals surface area contributed by atoms with Crippen LogP contribution in [-0.4, -0.2) is 11.4 Å². The molecule has 0 aromatic carbocycles. The van der Waals surface area contributed by atoms with Crippen molar-refractivity contribution in [2.75, 3.05) is 0 Å². The molecule has 0 unspecified atom stereocenters. The Balaban J connectivity index is 2.50. The zero-order chi connectivity index (χ0) is 12.3. The number of hydrogen-bond donors (Lipinski definition) is 1. The van der Waals surface area contributed by atoms with Gasteiger partial charge in [-0.2, -0.15) is 0 Å². The van der Waals surface area contributed by atoms with Gasteiger partial charge in [0.15, 0.2) is 0 Å². The van der Waals surface area contributed by atoms with Crippen molar-refractivity contribution in [3.63, 3.8) is 0 Å². The molecular weight excluding hydrogens is 198 g/mol. The summed E-state index contributed by atoms with van der Waals surface area (Å²) in [5, 5.41) is 3.12. The minimum Gasteiger partial charge on any atom is -0.347 e. The van der Waals surface area contributed by atoms with Crippen LogP contribution in [0.1, 0.15) is 53.4 Å². The standard InChI is InChI=1S/C14H25NO/c1-10(2)12-6-8-14(5,9-7-12)15-13(16)11(3)4/h10,12H,3,6-9H2,1-2,4-5H3,(H,15,16). The van der Waals surface area contributed by atoms with E-state index in [0.717, 1.165) is 24.7 Å². The lowest BCUT2D eigenvalue weighted by atomic mass is 9.73. The summed E-state index contributed by atoms with van der Waals surface area (Å²) in [5.74, 6) is 1.60. The fraction of sp³-hybridized carbons (Fsp3) is 0.786. The third kappa shape index (κ3) is 3.36. The van der Waals surface area contributed by atoms with Crippen molar-refractivity contribution in [1.29, 1.82) is 0 Å². The summed E-state index contributed by atoms with van der Waals surface area (Å²) in [6.45, 7) is 12.2. The highest BCUT2D eigenvalue weighted by atomic mass is 16.1. The molecular formula is C14H25NO. The lowest BCUT2D eigenvalue weighted by Crippen LogP contribution is -2.48. The van der Waals surface area contributed by atoms with E-state index in [1.807, 2.05) is 0 Å². The zero-order valence-corrected chi connectivity index (χ0v) is 11.1. The van der Waals surface area contributed by atoms with E-state index in [1.54, 1.807) is 6.92 Å². The van der Waals surface area contributed by atoms with Crippen LogP contribution in [0, 0.1) is 11.8 Å². The first-order valence-corrected chi connectivity index (χ1v) is 6.32. The Morgan fingerprint density at radius 3 is 2.25 bits per heavy atom. The molecule has 0 saturated heterocycles. The van der Waals surface area contributed by atoms with E-state index in [1.165, 1.54) is 12.8 Å². The van der Waals surface area contributed by atoms with E-state index in [-0.39, 0.29) is 11.4 Å². The van der Waals surface area contributed by atoms with Crippen LogP contribution in [-0.2, 0) is 4.79 Å². The predicted molar refractivity (Wildman–Crippen MR) is 68.2 cm³/mol. The predicted octanol–water partition coefficient (Wildman–Crippen LogP) is 3.28. The molecule has 0 bridgehead atoms. The number of amides is 1. The topological polar surface area (TPSA) is 29.1 Å². The van der Waals surface area contributed by atoms with E-state index >= 15 is 0 Å². The quantitative estimate of drug-likeness (QED) is 0.731. The molecule has 0 heterocycles. The maximum atomic E-state index is 11.6. The molecule has 1 aliphatic rings. The molecule has 1 saturated carbocycles. The molecule has 0 atom stereocenters. The van der Waals surface area contributed by atoms with Gasteiger partial charge in [-0.15, -0.1) is 0 Å². The molecule has 1 rings (SSSR count). The highest BCUT2D eigenvalue weighted by Crippen LogP contribution is 2.35. The van der Waals surface area contributed by atoms with Crippen LogP contribution in [0.2, 0.25) is 0 Å². The average Bonchev–Trinajstić information content (AvgIpc) is 2.17. The van der Waals surface area contributed by atoms with Gasteiger partial charge in [0.2, 0.25) is 5.91 Å². The Hall–Kier alpha value is -0.790. The van der Waals surface area contributed by atoms with Crippen molar-refractivity contribution >= 4 is 5.91 Å². The third-order valence-corrected chi connectivity index (χ3v) is 3.88. The molecule has 0 aliphatic heterocycles. The maximum Gasteiger partial charge on any atom is 0.246 e. The lowest BCUT2D eigenvalue weighted by molar-refractivity contribution is -0.119. The number of hydrogen-bond acceptors (Lipinski definition) is 1. The van der Waals surface area contributed by atoms with Gasteiger partial charge in [-0.1, -0.05) is 20.4 Å². The second-order valence-corrected chi connectivity index (χ2v) is 5.88. The van der Waals surface area contributed by atoms with Gasteiger partial charge >= 0.3 is 0 Å². The molecule has 1 N–H and O–H groups in total. The summed E-state index contributed by atoms with van der Waals surface area (Å²) in [7, 11) is 0. The van der Waals surface area contributed by atoms with Crippen LogP contribution >= 0.6 is 0 Å². The van der Waals surface area contributed by atoms with Gasteiger partial charge in [0.1, 0.15) is 0 Å². The molecule has 92 valence electrons. The van der Waals surface area contributed by atoms with Gasteiger partial charge < -0.3 is 5.32 Å². The van der Waals surface area contributed by atoms with Gasteiger partial charge in [-0.3, -0.25) is 4.79 Å². The molecule has 0 aromatic heterocycles. The van der Waals surface area contributed by atoms with E-state index in [9.17, 15) is 4.79 Å². The van der Waals surface area contributed by atoms with Crippen molar-refractivity contribution in [2.24, 2.45) is 11.8 Å². The van der Waals surface area contributed by atoms with Gasteiger partial charge in [0.05, 0.1) is 0 Å². The highest BCUT2D eigenvalue weighted by molar-refractivity contribution is 5.92. The fourth-order valence-electron chi connectivity index (χ4n) is 2.45. The Labute approximate surface area is 99.5 Å². The third-order valence-electron chi connectivity index (χ3n) is 3.88. The first-order chi connectivity index (χ1) is 7.34. The Bertz CT molecular complexity index is 272. The van der Waals surface area contributed by atoms with Gasteiger partial charge in [0, 0.05) is 11.1 Å². The molecule has 0 aromatic rings. The summed E-state index contributed by atoms with van der Waals surface area (Å²) >= 11 is 0. The normalized spacial score (nSPS) is 30.2. The van der Waals surface area contributed by atoms with Crippen LogP contribution < -0.4 is 5.32 Å². The molecule has 1 amide bonds. The van der Waals surface area contributed by atoms with E-state index < -0.39 is 0 Å². The van der Waals surface area contributed by atoms with E-state index in [0.29, 0.717) is 5.57 Å². The lowest BCUT2D eigenvalue weighted by Gasteiger charge is -2.39. The van der Waals surface area contributed by atoms with Crippen LogP contribution in [0.3, 0.4) is 0 Å². The zero-order valence-electron chi connectivity index (χ0n) is 11.1. The van der Waals surface area contributed by atoms with Gasteiger partial charge in [-0.25, -0.2) is 0 Å². The molecule has 0 radical (unpaired) electrons. The fourth-order valence-corrected chi connectivity index (χ4v) is 2.45. The number of carbonyl (C=O) groups is 1. The van der Waals surface area contributed by atoms with Crippen LogP contribution in [0.15, 0.2) is 12.2 Å². The molecule has 2 nitrogen and oxygen atoms in total. The average molecular weight is 223 g/mol. The van der Waals surface area contributed by atoms with Crippen LogP contribution in [0.25, 0.3) is 0 Å². The first-order valence-electron chi connectivity index (χ1n) is 6.32. The largest absolute Gasteiger partial charge is 0.347 e. The minimum atomic E-state index is -0.0125. The summed E-state index contributed by atoms with van der Waals surface area (Å²) < 4.78 is 0. The maximum absolute atomic E-state index is 11.6. The molecule has 1 fully saturated rings. The van der Waals surface area contributed by atoms with Gasteiger partial charge in [0.25, 0.3) is 0 Å². The summed E-state index contributed by atoms with van der Waals surface area (Å²) in [6, 6.07) is 0. The van der Waals surface area contributed by atoms with Crippen molar-refractivity contribution in [3.8, 4) is 0 Å². The summed E-state index contributed by atoms with van der Waals surface area (Å²) in [5.41, 5.74) is 0.591. The van der Waals surface area contributed by atoms with Crippen molar-refractivity contribution < 1.29 is 4.79 Å². The van der Waals surface area contributed by atoms with Crippen LogP contribution in [0.4, 0.5) is 0 Å². The second-order valence-electron chi connectivity index (χ2n) is 5.88. The number of nitrogens with one attached hydrogen (secondary N) is 1. The summed E-state index contributed by atoms with van der Waals surface area (Å²) in [6.07, 6.45) is 4.64. The Kier molecular flexibility index (Phi) is 4.17. The molecule has 0 spiro atoms. The highest BCUT2D eigenvalue weighted by Gasteiger charge is 2.33. The molecule has 2 heteroatoms. The van der Waals surface area contributed by atoms with Crippen molar-refractivity contribution in [2.45, 2.75) is 58.9 Å². The molecule has 1 aliphatic carbocycles. The van der Waals surface area contributed by atoms with Crippen LogP contribution in [0.5, 0.6) is 0 Å². The SMILES string of the molecule is C=C(C)C(=O)NC1(C)CCC(C(C)C)CC1. The molecule has 16 heavy (non-hydrogen) atoms. The smallest absolute Gasteiger partial charge is 0.246 e. The Morgan fingerprint density at radius 2 is 1.88 bits per heavy atom. The van der Waals surface area contributed by atoms with E-state index in [2.05, 4.69) is 32.7 Å². The first kappa shape index (κ1) is 13.3. The second kappa shape index (κ2) is 5.03. The van der Waals surface area contributed by atoms with Crippen molar-refractivity contribution in [3.05, 3.63) is 12.2 Å². The monoisotopic (exact) mass is 223 g/mol. The number of rotatable bonds is 3. The summed E-state index contributed by atoms with van der Waals surface area (Å²) in [4.78, 5) is 11.6. The van der Waals surface area contributed by atoms with E-state index in [4.69, 9.17) is 0 Å². The van der Waals surface area contributed by atoms with Gasteiger partial charge in [-0.05, 0) is 51.4 Å². The minimum absolute atomic E-state index is 0.00509. The van der Waals surface area contributed by atoms with Crippen molar-refractivity contribution in [1.82, 2.24) is 5.32 Å². The number of carbonyl (C=O) groups excluding carboxylic acids is 1. The Morgan fingerprint density at radius 1 is 1.38 bits per heavy atom.